The smallest absolute Gasteiger partial charge is 0.256 e. The molecule has 18 heavy (non-hydrogen) atoms. The second kappa shape index (κ2) is 4.25. The molecule has 0 saturated heterocycles. The minimum atomic E-state index is -0.530. The molecule has 1 saturated carbocycles. The maximum atomic E-state index is 6.01. The van der Waals surface area contributed by atoms with Gasteiger partial charge >= 0.3 is 0 Å². The molecule has 0 unspecified atom stereocenters. The van der Waals surface area contributed by atoms with E-state index >= 15 is 0 Å². The zero-order chi connectivity index (χ0) is 12.9. The summed E-state index contributed by atoms with van der Waals surface area (Å²) in [5.41, 5.74) is 2.04. The van der Waals surface area contributed by atoms with Gasteiger partial charge in [-0.3, -0.25) is 4.40 Å². The molecule has 0 bridgehead atoms. The van der Waals surface area contributed by atoms with Gasteiger partial charge in [0.25, 0.3) is 5.78 Å². The Bertz CT molecular complexity index is 610. The molecule has 1 aliphatic carbocycles. The number of hydrogen-bond acceptors (Lipinski definition) is 4. The molecule has 0 radical (unpaired) electrons. The van der Waals surface area contributed by atoms with Gasteiger partial charge in [-0.1, -0.05) is 11.8 Å². The van der Waals surface area contributed by atoms with Crippen LogP contribution in [-0.2, 0) is 0 Å². The molecular weight excluding hydrogens is 291 g/mol. The maximum absolute atomic E-state index is 6.01. The van der Waals surface area contributed by atoms with Crippen molar-refractivity contribution < 1.29 is 0 Å². The Morgan fingerprint density at radius 2 is 2.17 bits per heavy atom. The van der Waals surface area contributed by atoms with Crippen molar-refractivity contribution in [1.82, 2.24) is 19.6 Å². The van der Waals surface area contributed by atoms with E-state index in [0.29, 0.717) is 11.7 Å². The Labute approximate surface area is 119 Å². The van der Waals surface area contributed by atoms with Gasteiger partial charge in [-0.25, -0.2) is 4.98 Å². The van der Waals surface area contributed by atoms with E-state index in [9.17, 15) is 0 Å². The highest BCUT2D eigenvalue weighted by Crippen LogP contribution is 2.54. The highest BCUT2D eigenvalue weighted by Gasteiger charge is 2.51. The Morgan fingerprint density at radius 1 is 1.44 bits per heavy atom. The minimum Gasteiger partial charge on any atom is -0.259 e. The lowest BCUT2D eigenvalue weighted by Gasteiger charge is -2.04. The van der Waals surface area contributed by atoms with Gasteiger partial charge in [0.1, 0.15) is 4.33 Å². The number of rotatable bonds is 3. The molecule has 0 spiro atoms. The predicted molar refractivity (Wildman–Crippen MR) is 73.5 cm³/mol. The standard InChI is InChI=1S/C11H12Cl2N4S/c1-6-3-7(2)17-9(14-6)15-16-10(17)18-5-8-4-11(8,12)13/h3,8H,4-5H2,1-2H3/t8-/m1/s1. The summed E-state index contributed by atoms with van der Waals surface area (Å²) in [6, 6.07) is 2.02. The molecule has 0 aromatic carbocycles. The molecule has 1 fully saturated rings. The third kappa shape index (κ3) is 2.19. The first-order valence-corrected chi connectivity index (χ1v) is 7.41. The zero-order valence-electron chi connectivity index (χ0n) is 10.0. The molecule has 7 heteroatoms. The molecule has 1 atom stereocenters. The Hall–Kier alpha value is -0.520. The third-order valence-corrected chi connectivity index (χ3v) is 5.05. The van der Waals surface area contributed by atoms with Crippen LogP contribution in [0.2, 0.25) is 0 Å². The predicted octanol–water partition coefficient (Wildman–Crippen LogP) is 3.03. The first kappa shape index (κ1) is 12.5. The van der Waals surface area contributed by atoms with E-state index in [1.807, 2.05) is 24.3 Å². The quantitative estimate of drug-likeness (QED) is 0.646. The molecule has 96 valence electrons. The number of halogens is 2. The van der Waals surface area contributed by atoms with Crippen LogP contribution in [0.15, 0.2) is 11.2 Å². The average Bonchev–Trinajstić information content (AvgIpc) is 2.70. The van der Waals surface area contributed by atoms with E-state index in [2.05, 4.69) is 15.2 Å². The van der Waals surface area contributed by atoms with Crippen molar-refractivity contribution in [2.45, 2.75) is 29.8 Å². The zero-order valence-corrected chi connectivity index (χ0v) is 12.4. The lowest BCUT2D eigenvalue weighted by molar-refractivity contribution is 0.878. The Balaban J connectivity index is 1.84. The molecule has 0 N–H and O–H groups in total. The SMILES string of the molecule is Cc1cc(C)n2c(SC[C@H]3CC3(Cl)Cl)nnc2n1. The van der Waals surface area contributed by atoms with E-state index in [1.165, 1.54) is 0 Å². The summed E-state index contributed by atoms with van der Waals surface area (Å²) in [7, 11) is 0. The topological polar surface area (TPSA) is 43.1 Å². The largest absolute Gasteiger partial charge is 0.259 e. The molecule has 1 aliphatic rings. The summed E-state index contributed by atoms with van der Waals surface area (Å²) in [4.78, 5) is 4.35. The van der Waals surface area contributed by atoms with Gasteiger partial charge in [0.05, 0.1) is 0 Å². The normalized spacial score (nSPS) is 21.4. The van der Waals surface area contributed by atoms with Crippen LogP contribution in [0.4, 0.5) is 0 Å². The molecule has 0 aliphatic heterocycles. The minimum absolute atomic E-state index is 0.344. The summed E-state index contributed by atoms with van der Waals surface area (Å²) in [6.07, 6.45) is 0.857. The number of hydrogen-bond donors (Lipinski definition) is 0. The maximum Gasteiger partial charge on any atom is 0.256 e. The van der Waals surface area contributed by atoms with E-state index < -0.39 is 4.33 Å². The van der Waals surface area contributed by atoms with Crippen LogP contribution in [0.25, 0.3) is 5.78 Å². The molecule has 2 heterocycles. The van der Waals surface area contributed by atoms with Crippen LogP contribution >= 0.6 is 35.0 Å². The van der Waals surface area contributed by atoms with Crippen LogP contribution in [0.5, 0.6) is 0 Å². The number of alkyl halides is 2. The van der Waals surface area contributed by atoms with Crippen molar-refractivity contribution in [2.24, 2.45) is 5.92 Å². The van der Waals surface area contributed by atoms with E-state index in [0.717, 1.165) is 28.7 Å². The number of aromatic nitrogens is 4. The van der Waals surface area contributed by atoms with E-state index in [-0.39, 0.29) is 0 Å². The molecular formula is C11H12Cl2N4S. The molecule has 0 amide bonds. The monoisotopic (exact) mass is 302 g/mol. The fourth-order valence-electron chi connectivity index (χ4n) is 1.92. The van der Waals surface area contributed by atoms with Crippen molar-refractivity contribution >= 4 is 40.7 Å². The Kier molecular flexibility index (Phi) is 2.95. The molecule has 2 aromatic heterocycles. The second-order valence-corrected chi connectivity index (χ2v) is 7.16. The number of fused-ring (bicyclic) bond motifs is 1. The van der Waals surface area contributed by atoms with Crippen molar-refractivity contribution in [1.29, 1.82) is 0 Å². The van der Waals surface area contributed by atoms with Gasteiger partial charge in [-0.15, -0.1) is 33.4 Å². The van der Waals surface area contributed by atoms with Crippen LogP contribution in [0.1, 0.15) is 17.8 Å². The fraction of sp³-hybridized carbons (Fsp3) is 0.545. The van der Waals surface area contributed by atoms with Crippen LogP contribution in [0, 0.1) is 19.8 Å². The highest BCUT2D eigenvalue weighted by molar-refractivity contribution is 7.99. The average molecular weight is 303 g/mol. The molecule has 2 aromatic rings. The van der Waals surface area contributed by atoms with Gasteiger partial charge in [0.15, 0.2) is 5.16 Å². The van der Waals surface area contributed by atoms with Crippen molar-refractivity contribution in [2.75, 3.05) is 5.75 Å². The first-order chi connectivity index (χ1) is 8.47. The summed E-state index contributed by atoms with van der Waals surface area (Å²) in [5.74, 6) is 1.85. The molecule has 4 nitrogen and oxygen atoms in total. The second-order valence-electron chi connectivity index (χ2n) is 4.63. The van der Waals surface area contributed by atoms with Crippen molar-refractivity contribution in [3.63, 3.8) is 0 Å². The lowest BCUT2D eigenvalue weighted by atomic mass is 10.3. The van der Waals surface area contributed by atoms with E-state index in [1.54, 1.807) is 11.8 Å². The summed E-state index contributed by atoms with van der Waals surface area (Å²) in [5, 5.41) is 9.11. The fourth-order valence-corrected chi connectivity index (χ4v) is 3.84. The summed E-state index contributed by atoms with van der Waals surface area (Å²) < 4.78 is 1.43. The van der Waals surface area contributed by atoms with Crippen molar-refractivity contribution in [3.8, 4) is 0 Å². The number of aryl methyl sites for hydroxylation is 2. The lowest BCUT2D eigenvalue weighted by Crippen LogP contribution is -1.99. The van der Waals surface area contributed by atoms with Gasteiger partial charge in [0, 0.05) is 23.1 Å². The van der Waals surface area contributed by atoms with E-state index in [4.69, 9.17) is 23.2 Å². The number of thioether (sulfide) groups is 1. The van der Waals surface area contributed by atoms with Gasteiger partial charge in [0.2, 0.25) is 0 Å². The van der Waals surface area contributed by atoms with Crippen LogP contribution in [-0.4, -0.2) is 29.7 Å². The van der Waals surface area contributed by atoms with Gasteiger partial charge < -0.3 is 0 Å². The first-order valence-electron chi connectivity index (χ1n) is 5.67. The summed E-state index contributed by atoms with van der Waals surface area (Å²) in [6.45, 7) is 3.98. The van der Waals surface area contributed by atoms with Crippen LogP contribution in [0.3, 0.4) is 0 Å². The van der Waals surface area contributed by atoms with Gasteiger partial charge in [-0.2, -0.15) is 0 Å². The summed E-state index contributed by atoms with van der Waals surface area (Å²) >= 11 is 13.7. The Morgan fingerprint density at radius 3 is 2.83 bits per heavy atom. The third-order valence-electron chi connectivity index (χ3n) is 3.03. The van der Waals surface area contributed by atoms with Gasteiger partial charge in [-0.05, 0) is 26.3 Å². The number of nitrogens with zero attached hydrogens (tertiary/aromatic N) is 4. The van der Waals surface area contributed by atoms with Crippen LogP contribution < -0.4 is 0 Å². The molecule has 3 rings (SSSR count). The highest BCUT2D eigenvalue weighted by atomic mass is 35.5. The van der Waals surface area contributed by atoms with Crippen molar-refractivity contribution in [3.05, 3.63) is 17.5 Å².